The van der Waals surface area contributed by atoms with Gasteiger partial charge in [-0.05, 0) is 68.6 Å². The van der Waals surface area contributed by atoms with Crippen LogP contribution in [-0.2, 0) is 9.53 Å². The number of hydrogen-bond donors (Lipinski definition) is 0. The number of ether oxygens (including phenoxy) is 3. The van der Waals surface area contributed by atoms with Crippen LogP contribution in [-0.4, -0.2) is 48.7 Å². The SMILES string of the molecule is COC(=O)CCCCN(CCOc1ccc(Oc2nc3ccccc3s2)cc1)C1CC1. The van der Waals surface area contributed by atoms with E-state index in [1.807, 2.05) is 48.5 Å². The van der Waals surface area contributed by atoms with Crippen LogP contribution < -0.4 is 9.47 Å². The van der Waals surface area contributed by atoms with Crippen molar-refractivity contribution < 1.29 is 19.0 Å². The Labute approximate surface area is 186 Å². The van der Waals surface area contributed by atoms with Crippen LogP contribution >= 0.6 is 11.3 Å². The molecule has 0 atom stereocenters. The molecule has 0 spiro atoms. The highest BCUT2D eigenvalue weighted by Gasteiger charge is 2.28. The number of methoxy groups -OCH3 is 1. The first-order valence-electron chi connectivity index (χ1n) is 10.8. The summed E-state index contributed by atoms with van der Waals surface area (Å²) in [5, 5.41) is 0.641. The van der Waals surface area contributed by atoms with Crippen molar-refractivity contribution in [3.63, 3.8) is 0 Å². The number of unbranched alkanes of at least 4 members (excludes halogenated alkanes) is 1. The molecule has 164 valence electrons. The number of aromatic nitrogens is 1. The fraction of sp³-hybridized carbons (Fsp3) is 0.417. The van der Waals surface area contributed by atoms with Crippen molar-refractivity contribution >= 4 is 27.5 Å². The smallest absolute Gasteiger partial charge is 0.305 e. The number of carbonyl (C=O) groups is 1. The van der Waals surface area contributed by atoms with Gasteiger partial charge in [0.15, 0.2) is 0 Å². The standard InChI is InChI=1S/C24H28N2O4S/c1-28-23(27)8-4-5-15-26(18-9-10-18)16-17-29-19-11-13-20(14-12-19)30-24-25-21-6-2-3-7-22(21)31-24/h2-3,6-7,11-14,18H,4-5,8-10,15-17H2,1H3. The quantitative estimate of drug-likeness (QED) is 0.282. The van der Waals surface area contributed by atoms with Gasteiger partial charge in [-0.3, -0.25) is 9.69 Å². The maximum absolute atomic E-state index is 11.2. The highest BCUT2D eigenvalue weighted by Crippen LogP contribution is 2.32. The van der Waals surface area contributed by atoms with Gasteiger partial charge in [0.2, 0.25) is 0 Å². The fourth-order valence-corrected chi connectivity index (χ4v) is 4.32. The minimum Gasteiger partial charge on any atom is -0.492 e. The number of fused-ring (bicyclic) bond motifs is 1. The van der Waals surface area contributed by atoms with Crippen molar-refractivity contribution in [3.8, 4) is 16.7 Å². The summed E-state index contributed by atoms with van der Waals surface area (Å²) in [7, 11) is 1.44. The monoisotopic (exact) mass is 440 g/mol. The Bertz CT molecular complexity index is 952. The normalized spacial score (nSPS) is 13.5. The van der Waals surface area contributed by atoms with Gasteiger partial charge in [0, 0.05) is 19.0 Å². The molecule has 1 heterocycles. The third-order valence-electron chi connectivity index (χ3n) is 5.32. The van der Waals surface area contributed by atoms with Crippen LogP contribution in [0.15, 0.2) is 48.5 Å². The van der Waals surface area contributed by atoms with Crippen LogP contribution in [0.4, 0.5) is 0 Å². The highest BCUT2D eigenvalue weighted by atomic mass is 32.1. The van der Waals surface area contributed by atoms with Crippen LogP contribution in [0.3, 0.4) is 0 Å². The summed E-state index contributed by atoms with van der Waals surface area (Å²) in [5.41, 5.74) is 0.952. The zero-order valence-electron chi connectivity index (χ0n) is 17.8. The average molecular weight is 441 g/mol. The number of carbonyl (C=O) groups excluding carboxylic acids is 1. The summed E-state index contributed by atoms with van der Waals surface area (Å²) >= 11 is 1.54. The molecule has 0 radical (unpaired) electrons. The van der Waals surface area contributed by atoms with Gasteiger partial charge >= 0.3 is 5.97 Å². The third-order valence-corrected chi connectivity index (χ3v) is 6.23. The molecule has 1 saturated carbocycles. The Kier molecular flexibility index (Phi) is 7.38. The number of esters is 1. The number of hydrogen-bond acceptors (Lipinski definition) is 7. The molecule has 6 nitrogen and oxygen atoms in total. The van der Waals surface area contributed by atoms with E-state index < -0.39 is 0 Å². The maximum atomic E-state index is 11.2. The van der Waals surface area contributed by atoms with E-state index in [0.29, 0.717) is 24.3 Å². The van der Waals surface area contributed by atoms with E-state index in [-0.39, 0.29) is 5.97 Å². The number of thiazole rings is 1. The van der Waals surface area contributed by atoms with Gasteiger partial charge in [-0.15, -0.1) is 0 Å². The molecule has 0 aliphatic heterocycles. The van der Waals surface area contributed by atoms with Crippen LogP contribution in [0.2, 0.25) is 0 Å². The van der Waals surface area contributed by atoms with E-state index in [0.717, 1.165) is 47.6 Å². The number of rotatable bonds is 12. The van der Waals surface area contributed by atoms with Gasteiger partial charge in [0.25, 0.3) is 5.19 Å². The minimum atomic E-state index is -0.128. The minimum absolute atomic E-state index is 0.128. The molecular weight excluding hydrogens is 412 g/mol. The second-order valence-corrected chi connectivity index (χ2v) is 8.66. The Morgan fingerprint density at radius 1 is 1.06 bits per heavy atom. The molecule has 4 rings (SSSR count). The van der Waals surface area contributed by atoms with E-state index in [1.165, 1.54) is 31.3 Å². The highest BCUT2D eigenvalue weighted by molar-refractivity contribution is 7.20. The Balaban J connectivity index is 1.21. The molecule has 0 unspecified atom stereocenters. The molecule has 1 fully saturated rings. The fourth-order valence-electron chi connectivity index (χ4n) is 3.48. The Morgan fingerprint density at radius 2 is 1.84 bits per heavy atom. The molecular formula is C24H28N2O4S. The van der Waals surface area contributed by atoms with E-state index in [2.05, 4.69) is 9.88 Å². The van der Waals surface area contributed by atoms with E-state index in [4.69, 9.17) is 14.2 Å². The summed E-state index contributed by atoms with van der Waals surface area (Å²) in [6, 6.07) is 16.4. The first-order chi connectivity index (χ1) is 15.2. The number of benzene rings is 2. The topological polar surface area (TPSA) is 60.9 Å². The van der Waals surface area contributed by atoms with Crippen molar-refractivity contribution in [2.24, 2.45) is 0 Å². The van der Waals surface area contributed by atoms with Gasteiger partial charge < -0.3 is 14.2 Å². The average Bonchev–Trinajstić information content (AvgIpc) is 3.55. The molecule has 1 aliphatic rings. The molecule has 7 heteroatoms. The van der Waals surface area contributed by atoms with Gasteiger partial charge in [-0.1, -0.05) is 23.5 Å². The lowest BCUT2D eigenvalue weighted by Gasteiger charge is -2.22. The van der Waals surface area contributed by atoms with Crippen molar-refractivity contribution in [1.29, 1.82) is 0 Å². The van der Waals surface area contributed by atoms with E-state index in [9.17, 15) is 4.79 Å². The Morgan fingerprint density at radius 3 is 2.58 bits per heavy atom. The zero-order valence-corrected chi connectivity index (χ0v) is 18.6. The maximum Gasteiger partial charge on any atom is 0.305 e. The molecule has 31 heavy (non-hydrogen) atoms. The van der Waals surface area contributed by atoms with Crippen molar-refractivity contribution in [2.45, 2.75) is 38.1 Å². The van der Waals surface area contributed by atoms with E-state index in [1.54, 1.807) is 0 Å². The molecule has 1 aromatic heterocycles. The second kappa shape index (κ2) is 10.6. The predicted octanol–water partition coefficient (Wildman–Crippen LogP) is 5.28. The number of para-hydroxylation sites is 1. The summed E-state index contributed by atoms with van der Waals surface area (Å²) in [4.78, 5) is 18.2. The zero-order chi connectivity index (χ0) is 21.5. The van der Waals surface area contributed by atoms with E-state index >= 15 is 0 Å². The second-order valence-electron chi connectivity index (χ2n) is 7.67. The van der Waals surface area contributed by atoms with Gasteiger partial charge in [0.1, 0.15) is 18.1 Å². The van der Waals surface area contributed by atoms with Gasteiger partial charge in [-0.2, -0.15) is 0 Å². The molecule has 2 aromatic carbocycles. The molecule has 1 aliphatic carbocycles. The van der Waals surface area contributed by atoms with Crippen molar-refractivity contribution in [3.05, 3.63) is 48.5 Å². The summed E-state index contributed by atoms with van der Waals surface area (Å²) in [6.45, 7) is 2.54. The van der Waals surface area contributed by atoms with Crippen LogP contribution in [0, 0.1) is 0 Å². The van der Waals surface area contributed by atoms with Crippen LogP contribution in [0.25, 0.3) is 10.2 Å². The molecule has 3 aromatic rings. The lowest BCUT2D eigenvalue weighted by molar-refractivity contribution is -0.140. The summed E-state index contributed by atoms with van der Waals surface area (Å²) in [6.07, 6.45) is 4.89. The predicted molar refractivity (Wildman–Crippen MR) is 122 cm³/mol. The molecule has 0 saturated heterocycles. The van der Waals surface area contributed by atoms with Crippen molar-refractivity contribution in [1.82, 2.24) is 9.88 Å². The lowest BCUT2D eigenvalue weighted by Crippen LogP contribution is -2.31. The largest absolute Gasteiger partial charge is 0.492 e. The van der Waals surface area contributed by atoms with Crippen molar-refractivity contribution in [2.75, 3.05) is 26.8 Å². The third kappa shape index (κ3) is 6.42. The summed E-state index contributed by atoms with van der Waals surface area (Å²) < 4.78 is 17.7. The van der Waals surface area contributed by atoms with Crippen LogP contribution in [0.1, 0.15) is 32.1 Å². The molecule has 0 N–H and O–H groups in total. The van der Waals surface area contributed by atoms with Gasteiger partial charge in [-0.25, -0.2) is 4.98 Å². The Hall–Kier alpha value is -2.64. The van der Waals surface area contributed by atoms with Gasteiger partial charge in [0.05, 0.1) is 17.3 Å². The summed E-state index contributed by atoms with van der Waals surface area (Å²) in [5.74, 6) is 1.45. The molecule has 0 amide bonds. The molecule has 0 bridgehead atoms. The first-order valence-corrected chi connectivity index (χ1v) is 11.6. The number of nitrogens with zero attached hydrogens (tertiary/aromatic N) is 2. The lowest BCUT2D eigenvalue weighted by atomic mass is 10.2. The first kappa shape index (κ1) is 21.6. The van der Waals surface area contributed by atoms with Crippen LogP contribution in [0.5, 0.6) is 16.7 Å².